The first-order chi connectivity index (χ1) is 7.71. The van der Waals surface area contributed by atoms with Crippen LogP contribution in [0.4, 0.5) is 0 Å². The number of fused-ring (bicyclic) bond motifs is 1. The summed E-state index contributed by atoms with van der Waals surface area (Å²) in [4.78, 5) is 11.6. The molecule has 0 saturated heterocycles. The van der Waals surface area contributed by atoms with E-state index >= 15 is 0 Å². The molecule has 1 heterocycles. The number of esters is 1. The van der Waals surface area contributed by atoms with Crippen LogP contribution in [0.3, 0.4) is 0 Å². The molecule has 0 amide bonds. The van der Waals surface area contributed by atoms with Gasteiger partial charge in [-0.3, -0.25) is 0 Å². The van der Waals surface area contributed by atoms with Gasteiger partial charge < -0.3 is 18.9 Å². The monoisotopic (exact) mass is 224 g/mol. The van der Waals surface area contributed by atoms with Gasteiger partial charge in [0.2, 0.25) is 6.29 Å². The molecule has 0 aromatic heterocycles. The molecule has 0 aliphatic carbocycles. The van der Waals surface area contributed by atoms with E-state index in [0.717, 1.165) is 0 Å². The SMILES string of the molecule is COc1cc(OC)c2c(c1)C(=O)O[C@H]2OC. The highest BCUT2D eigenvalue weighted by Crippen LogP contribution is 2.40. The second kappa shape index (κ2) is 4.02. The molecule has 0 unspecified atom stereocenters. The van der Waals surface area contributed by atoms with E-state index in [0.29, 0.717) is 22.6 Å². The molecule has 86 valence electrons. The van der Waals surface area contributed by atoms with Crippen LogP contribution in [0.15, 0.2) is 12.1 Å². The Hall–Kier alpha value is -1.75. The lowest BCUT2D eigenvalue weighted by molar-refractivity contribution is -0.0823. The van der Waals surface area contributed by atoms with Crippen molar-refractivity contribution in [3.63, 3.8) is 0 Å². The van der Waals surface area contributed by atoms with E-state index in [2.05, 4.69) is 0 Å². The molecule has 0 bridgehead atoms. The van der Waals surface area contributed by atoms with Crippen LogP contribution in [0.25, 0.3) is 0 Å². The van der Waals surface area contributed by atoms with Crippen LogP contribution in [0.1, 0.15) is 22.2 Å². The van der Waals surface area contributed by atoms with Crippen molar-refractivity contribution in [2.75, 3.05) is 21.3 Å². The van der Waals surface area contributed by atoms with Crippen LogP contribution in [-0.2, 0) is 9.47 Å². The van der Waals surface area contributed by atoms with Gasteiger partial charge in [-0.2, -0.15) is 0 Å². The standard InChI is InChI=1S/C11H12O5/c1-13-6-4-7-9(8(5-6)14-2)11(15-3)16-10(7)12/h4-5,11H,1-3H3/t11-/m1/s1. The van der Waals surface area contributed by atoms with Gasteiger partial charge in [0, 0.05) is 13.2 Å². The van der Waals surface area contributed by atoms with E-state index in [1.165, 1.54) is 21.3 Å². The molecule has 1 aromatic rings. The summed E-state index contributed by atoms with van der Waals surface area (Å²) in [6, 6.07) is 3.30. The predicted molar refractivity (Wildman–Crippen MR) is 54.7 cm³/mol. The lowest BCUT2D eigenvalue weighted by Gasteiger charge is -2.12. The number of ether oxygens (including phenoxy) is 4. The van der Waals surface area contributed by atoms with Crippen molar-refractivity contribution >= 4 is 5.97 Å². The average Bonchev–Trinajstić information content (AvgIpc) is 2.65. The van der Waals surface area contributed by atoms with Crippen LogP contribution in [0.5, 0.6) is 11.5 Å². The highest BCUT2D eigenvalue weighted by atomic mass is 16.7. The van der Waals surface area contributed by atoms with Gasteiger partial charge in [0.15, 0.2) is 0 Å². The third-order valence-electron chi connectivity index (χ3n) is 2.45. The largest absolute Gasteiger partial charge is 0.497 e. The Morgan fingerprint density at radius 1 is 1.19 bits per heavy atom. The van der Waals surface area contributed by atoms with Crippen LogP contribution in [-0.4, -0.2) is 27.3 Å². The molecule has 0 spiro atoms. The molecule has 0 N–H and O–H groups in total. The summed E-state index contributed by atoms with van der Waals surface area (Å²) >= 11 is 0. The second-order valence-corrected chi connectivity index (χ2v) is 3.26. The summed E-state index contributed by atoms with van der Waals surface area (Å²) in [6.45, 7) is 0. The first kappa shape index (κ1) is 10.8. The van der Waals surface area contributed by atoms with E-state index in [4.69, 9.17) is 18.9 Å². The number of benzene rings is 1. The molecule has 5 nitrogen and oxygen atoms in total. The molecule has 5 heteroatoms. The molecular weight excluding hydrogens is 212 g/mol. The molecule has 0 radical (unpaired) electrons. The third-order valence-corrected chi connectivity index (χ3v) is 2.45. The molecule has 1 atom stereocenters. The van der Waals surface area contributed by atoms with E-state index in [-0.39, 0.29) is 0 Å². The van der Waals surface area contributed by atoms with Gasteiger partial charge in [0.05, 0.1) is 25.3 Å². The van der Waals surface area contributed by atoms with E-state index < -0.39 is 12.3 Å². The third kappa shape index (κ3) is 1.49. The minimum Gasteiger partial charge on any atom is -0.497 e. The predicted octanol–water partition coefficient (Wildman–Crippen LogP) is 1.52. The Labute approximate surface area is 92.9 Å². The highest BCUT2D eigenvalue weighted by Gasteiger charge is 2.35. The summed E-state index contributed by atoms with van der Waals surface area (Å²) in [5, 5.41) is 0. The van der Waals surface area contributed by atoms with E-state index in [1.54, 1.807) is 12.1 Å². The Balaban J connectivity index is 2.59. The van der Waals surface area contributed by atoms with Gasteiger partial charge in [0.1, 0.15) is 11.5 Å². The first-order valence-corrected chi connectivity index (χ1v) is 4.71. The van der Waals surface area contributed by atoms with Gasteiger partial charge in [-0.25, -0.2) is 4.79 Å². The van der Waals surface area contributed by atoms with Crippen molar-refractivity contribution in [1.29, 1.82) is 0 Å². The average molecular weight is 224 g/mol. The lowest BCUT2D eigenvalue weighted by Crippen LogP contribution is -2.01. The molecule has 0 fully saturated rings. The maximum absolute atomic E-state index is 11.6. The van der Waals surface area contributed by atoms with Crippen LogP contribution >= 0.6 is 0 Å². The fourth-order valence-electron chi connectivity index (χ4n) is 1.69. The fraction of sp³-hybridized carbons (Fsp3) is 0.364. The summed E-state index contributed by atoms with van der Waals surface area (Å²) in [7, 11) is 4.51. The summed E-state index contributed by atoms with van der Waals surface area (Å²) in [5.41, 5.74) is 1.03. The topological polar surface area (TPSA) is 54.0 Å². The first-order valence-electron chi connectivity index (χ1n) is 4.71. The van der Waals surface area contributed by atoms with Crippen molar-refractivity contribution in [3.8, 4) is 11.5 Å². The summed E-state index contributed by atoms with van der Waals surface area (Å²) < 4.78 is 20.3. The highest BCUT2D eigenvalue weighted by molar-refractivity contribution is 5.95. The Kier molecular flexibility index (Phi) is 2.70. The minimum absolute atomic E-state index is 0.419. The Morgan fingerprint density at radius 2 is 1.94 bits per heavy atom. The van der Waals surface area contributed by atoms with Crippen LogP contribution < -0.4 is 9.47 Å². The zero-order valence-electron chi connectivity index (χ0n) is 9.27. The van der Waals surface area contributed by atoms with Crippen molar-refractivity contribution in [2.45, 2.75) is 6.29 Å². The maximum Gasteiger partial charge on any atom is 0.341 e. The molecule has 1 aliphatic heterocycles. The zero-order valence-corrected chi connectivity index (χ0v) is 9.27. The number of hydrogen-bond acceptors (Lipinski definition) is 5. The van der Waals surface area contributed by atoms with Crippen LogP contribution in [0, 0.1) is 0 Å². The van der Waals surface area contributed by atoms with Gasteiger partial charge in [0.25, 0.3) is 0 Å². The summed E-state index contributed by atoms with van der Waals surface area (Å²) in [5.74, 6) is 0.635. The number of carbonyl (C=O) groups is 1. The van der Waals surface area contributed by atoms with E-state index in [9.17, 15) is 4.79 Å². The Bertz CT molecular complexity index is 427. The Morgan fingerprint density at radius 3 is 2.50 bits per heavy atom. The maximum atomic E-state index is 11.6. The van der Waals surface area contributed by atoms with Gasteiger partial charge in [-0.05, 0) is 6.07 Å². The van der Waals surface area contributed by atoms with Crippen molar-refractivity contribution in [1.82, 2.24) is 0 Å². The van der Waals surface area contributed by atoms with Crippen molar-refractivity contribution in [2.24, 2.45) is 0 Å². The number of cyclic esters (lactones) is 1. The lowest BCUT2D eigenvalue weighted by atomic mass is 10.1. The normalized spacial score (nSPS) is 17.9. The molecule has 1 aromatic carbocycles. The smallest absolute Gasteiger partial charge is 0.341 e. The zero-order chi connectivity index (χ0) is 11.7. The molecule has 2 rings (SSSR count). The number of rotatable bonds is 3. The van der Waals surface area contributed by atoms with Gasteiger partial charge in [-0.1, -0.05) is 0 Å². The number of hydrogen-bond donors (Lipinski definition) is 0. The second-order valence-electron chi connectivity index (χ2n) is 3.26. The van der Waals surface area contributed by atoms with Crippen molar-refractivity contribution in [3.05, 3.63) is 23.3 Å². The fourth-order valence-corrected chi connectivity index (χ4v) is 1.69. The number of methoxy groups -OCH3 is 3. The number of carbonyl (C=O) groups excluding carboxylic acids is 1. The molecule has 1 aliphatic rings. The van der Waals surface area contributed by atoms with Crippen LogP contribution in [0.2, 0.25) is 0 Å². The van der Waals surface area contributed by atoms with Crippen molar-refractivity contribution < 1.29 is 23.7 Å². The van der Waals surface area contributed by atoms with Gasteiger partial charge >= 0.3 is 5.97 Å². The molecular formula is C11H12O5. The minimum atomic E-state index is -0.705. The molecule has 0 saturated carbocycles. The quantitative estimate of drug-likeness (QED) is 0.728. The van der Waals surface area contributed by atoms with E-state index in [1.807, 2.05) is 0 Å². The molecule has 16 heavy (non-hydrogen) atoms. The summed E-state index contributed by atoms with van der Waals surface area (Å²) in [6.07, 6.45) is -0.705. The van der Waals surface area contributed by atoms with Gasteiger partial charge in [-0.15, -0.1) is 0 Å².